The van der Waals surface area contributed by atoms with E-state index in [1.165, 1.54) is 0 Å². The highest BCUT2D eigenvalue weighted by molar-refractivity contribution is 5.29. The van der Waals surface area contributed by atoms with Crippen LogP contribution in [0.5, 0.6) is 6.01 Å². The van der Waals surface area contributed by atoms with Crippen molar-refractivity contribution >= 4 is 0 Å². The van der Waals surface area contributed by atoms with Gasteiger partial charge < -0.3 is 10.1 Å². The van der Waals surface area contributed by atoms with Crippen molar-refractivity contribution in [1.29, 1.82) is 0 Å². The highest BCUT2D eigenvalue weighted by atomic mass is 16.5. The summed E-state index contributed by atoms with van der Waals surface area (Å²) in [6.45, 7) is 7.95. The van der Waals surface area contributed by atoms with Gasteiger partial charge in [-0.25, -0.2) is 4.68 Å². The van der Waals surface area contributed by atoms with E-state index in [-0.39, 0.29) is 0 Å². The average Bonchev–Trinajstić information content (AvgIpc) is 2.93. The fourth-order valence-corrected chi connectivity index (χ4v) is 1.73. The molecule has 0 aliphatic carbocycles. The largest absolute Gasteiger partial charge is 0.462 e. The van der Waals surface area contributed by atoms with Crippen LogP contribution in [0.2, 0.25) is 0 Å². The first kappa shape index (κ1) is 14.5. The van der Waals surface area contributed by atoms with Gasteiger partial charge in [0.15, 0.2) is 0 Å². The van der Waals surface area contributed by atoms with E-state index in [1.807, 2.05) is 30.3 Å². The minimum absolute atomic E-state index is 0.418. The molecular weight excluding hydrogens is 252 g/mol. The predicted molar refractivity (Wildman–Crippen MR) is 79.2 cm³/mol. The first-order chi connectivity index (χ1) is 9.65. The molecule has 1 aromatic heterocycles. The molecule has 0 bridgehead atoms. The number of benzene rings is 1. The third-order valence-corrected chi connectivity index (χ3v) is 2.86. The third kappa shape index (κ3) is 4.35. The minimum atomic E-state index is 0.418. The molecule has 2 aromatic rings. The maximum absolute atomic E-state index is 5.62. The second kappa shape index (κ2) is 7.05. The molecule has 1 aromatic carbocycles. The van der Waals surface area contributed by atoms with E-state index in [1.54, 1.807) is 11.0 Å². The number of aromatic nitrogens is 3. The molecule has 1 heterocycles. The van der Waals surface area contributed by atoms with E-state index < -0.39 is 0 Å². The van der Waals surface area contributed by atoms with Crippen molar-refractivity contribution < 1.29 is 4.74 Å². The monoisotopic (exact) mass is 274 g/mol. The Labute approximate surface area is 120 Å². The molecule has 1 unspecified atom stereocenters. The predicted octanol–water partition coefficient (Wildman–Crippen LogP) is 2.28. The van der Waals surface area contributed by atoms with Crippen LogP contribution in [0.4, 0.5) is 0 Å². The van der Waals surface area contributed by atoms with Gasteiger partial charge in [-0.2, -0.15) is 4.98 Å². The molecule has 5 nitrogen and oxygen atoms in total. The van der Waals surface area contributed by atoms with Crippen LogP contribution in [-0.2, 0) is 0 Å². The molecular formula is C15H22N4O. The number of ether oxygens (including phenoxy) is 1. The van der Waals surface area contributed by atoms with Crippen molar-refractivity contribution in [2.45, 2.75) is 26.8 Å². The number of hydrogen-bond donors (Lipinski definition) is 1. The Kier molecular flexibility index (Phi) is 5.12. The molecule has 108 valence electrons. The van der Waals surface area contributed by atoms with Crippen LogP contribution in [0.25, 0.3) is 5.69 Å². The molecule has 20 heavy (non-hydrogen) atoms. The topological polar surface area (TPSA) is 52.0 Å². The zero-order chi connectivity index (χ0) is 14.4. The van der Waals surface area contributed by atoms with E-state index in [9.17, 15) is 0 Å². The van der Waals surface area contributed by atoms with E-state index in [0.717, 1.165) is 12.2 Å². The van der Waals surface area contributed by atoms with E-state index in [4.69, 9.17) is 4.74 Å². The van der Waals surface area contributed by atoms with Crippen LogP contribution in [0, 0.1) is 5.92 Å². The van der Waals surface area contributed by atoms with Gasteiger partial charge in [-0.15, -0.1) is 5.10 Å². The zero-order valence-electron chi connectivity index (χ0n) is 12.3. The van der Waals surface area contributed by atoms with Crippen molar-refractivity contribution in [1.82, 2.24) is 20.1 Å². The van der Waals surface area contributed by atoms with E-state index in [0.29, 0.717) is 24.6 Å². The number of hydrogen-bond acceptors (Lipinski definition) is 4. The Balaban J connectivity index is 1.84. The van der Waals surface area contributed by atoms with Crippen molar-refractivity contribution in [3.8, 4) is 11.7 Å². The number of para-hydroxylation sites is 1. The summed E-state index contributed by atoms with van der Waals surface area (Å²) in [4.78, 5) is 4.17. The molecule has 0 aliphatic rings. The lowest BCUT2D eigenvalue weighted by Gasteiger charge is -2.14. The van der Waals surface area contributed by atoms with Crippen molar-refractivity contribution in [2.75, 3.05) is 13.2 Å². The van der Waals surface area contributed by atoms with Crippen LogP contribution in [-0.4, -0.2) is 34.0 Å². The number of rotatable bonds is 7. The van der Waals surface area contributed by atoms with Gasteiger partial charge in [0.25, 0.3) is 0 Å². The van der Waals surface area contributed by atoms with Gasteiger partial charge in [-0.3, -0.25) is 0 Å². The molecule has 0 saturated heterocycles. The molecule has 0 fully saturated rings. The molecule has 5 heteroatoms. The van der Waals surface area contributed by atoms with Gasteiger partial charge in [0.1, 0.15) is 6.33 Å². The first-order valence-electron chi connectivity index (χ1n) is 6.98. The summed E-state index contributed by atoms with van der Waals surface area (Å²) in [5, 5.41) is 7.70. The van der Waals surface area contributed by atoms with Gasteiger partial charge in [-0.05, 0) is 12.1 Å². The van der Waals surface area contributed by atoms with Gasteiger partial charge in [0.05, 0.1) is 12.3 Å². The molecule has 2 rings (SSSR count). The van der Waals surface area contributed by atoms with Gasteiger partial charge in [0.2, 0.25) is 0 Å². The standard InChI is InChI=1S/C15H22N4O/c1-12(2)16-9-13(3)10-20-15-17-11-19(18-15)14-7-5-4-6-8-14/h4-8,11-13,16H,9-10H2,1-3H3. The minimum Gasteiger partial charge on any atom is -0.462 e. The smallest absolute Gasteiger partial charge is 0.335 e. The summed E-state index contributed by atoms with van der Waals surface area (Å²) in [7, 11) is 0. The summed E-state index contributed by atoms with van der Waals surface area (Å²) < 4.78 is 7.33. The third-order valence-electron chi connectivity index (χ3n) is 2.86. The Morgan fingerprint density at radius 3 is 2.65 bits per heavy atom. The van der Waals surface area contributed by atoms with Crippen molar-refractivity contribution in [3.05, 3.63) is 36.7 Å². The quantitative estimate of drug-likeness (QED) is 0.841. The Morgan fingerprint density at radius 1 is 1.20 bits per heavy atom. The number of nitrogens with one attached hydrogen (secondary N) is 1. The first-order valence-corrected chi connectivity index (χ1v) is 6.98. The lowest BCUT2D eigenvalue weighted by atomic mass is 10.2. The Hall–Kier alpha value is -1.88. The van der Waals surface area contributed by atoms with E-state index >= 15 is 0 Å². The van der Waals surface area contributed by atoms with Gasteiger partial charge in [-0.1, -0.05) is 39.0 Å². The summed E-state index contributed by atoms with van der Waals surface area (Å²) in [5.41, 5.74) is 0.976. The molecule has 0 radical (unpaired) electrons. The maximum atomic E-state index is 5.62. The van der Waals surface area contributed by atoms with Crippen LogP contribution in [0.15, 0.2) is 36.7 Å². The van der Waals surface area contributed by atoms with Crippen LogP contribution < -0.4 is 10.1 Å². The molecule has 0 saturated carbocycles. The molecule has 0 spiro atoms. The second-order valence-corrected chi connectivity index (χ2v) is 5.29. The Bertz CT molecular complexity index is 510. The maximum Gasteiger partial charge on any atom is 0.335 e. The van der Waals surface area contributed by atoms with Crippen LogP contribution >= 0.6 is 0 Å². The normalized spacial score (nSPS) is 12.6. The number of nitrogens with zero attached hydrogens (tertiary/aromatic N) is 3. The van der Waals surface area contributed by atoms with Crippen molar-refractivity contribution in [2.24, 2.45) is 5.92 Å². The van der Waals surface area contributed by atoms with Crippen LogP contribution in [0.1, 0.15) is 20.8 Å². The fourth-order valence-electron chi connectivity index (χ4n) is 1.73. The van der Waals surface area contributed by atoms with Crippen molar-refractivity contribution in [3.63, 3.8) is 0 Å². The Morgan fingerprint density at radius 2 is 1.95 bits per heavy atom. The zero-order valence-corrected chi connectivity index (χ0v) is 12.3. The summed E-state index contributed by atoms with van der Waals surface area (Å²) in [6, 6.07) is 10.8. The second-order valence-electron chi connectivity index (χ2n) is 5.29. The van der Waals surface area contributed by atoms with Gasteiger partial charge >= 0.3 is 6.01 Å². The van der Waals surface area contributed by atoms with Crippen LogP contribution in [0.3, 0.4) is 0 Å². The molecule has 1 atom stereocenters. The van der Waals surface area contributed by atoms with E-state index in [2.05, 4.69) is 36.2 Å². The average molecular weight is 274 g/mol. The summed E-state index contributed by atoms with van der Waals surface area (Å²) >= 11 is 0. The highest BCUT2D eigenvalue weighted by Gasteiger charge is 2.07. The SMILES string of the molecule is CC(CNC(C)C)COc1ncn(-c2ccccc2)n1. The summed E-state index contributed by atoms with van der Waals surface area (Å²) in [5.74, 6) is 0.418. The highest BCUT2D eigenvalue weighted by Crippen LogP contribution is 2.09. The summed E-state index contributed by atoms with van der Waals surface area (Å²) in [6.07, 6.45) is 1.67. The molecule has 0 aliphatic heterocycles. The lowest BCUT2D eigenvalue weighted by Crippen LogP contribution is -2.30. The molecule has 1 N–H and O–H groups in total. The van der Waals surface area contributed by atoms with Gasteiger partial charge in [0, 0.05) is 18.5 Å². The lowest BCUT2D eigenvalue weighted by molar-refractivity contribution is 0.235. The fraction of sp³-hybridized carbons (Fsp3) is 0.467. The molecule has 0 amide bonds.